The van der Waals surface area contributed by atoms with Gasteiger partial charge in [0.05, 0.1) is 11.1 Å². The molecule has 1 aliphatic rings. The number of alkyl halides is 3. The summed E-state index contributed by atoms with van der Waals surface area (Å²) in [5.41, 5.74) is -1.14. The van der Waals surface area contributed by atoms with E-state index in [-0.39, 0.29) is 21.7 Å². The Hall–Kier alpha value is -2.15. The largest absolute Gasteiger partial charge is 0.618 e. The van der Waals surface area contributed by atoms with Gasteiger partial charge in [0, 0.05) is 10.5 Å². The summed E-state index contributed by atoms with van der Waals surface area (Å²) in [5.74, 6) is -0.592. The van der Waals surface area contributed by atoms with Crippen molar-refractivity contribution in [2.45, 2.75) is 6.18 Å². The fourth-order valence-electron chi connectivity index (χ4n) is 2.29. The van der Waals surface area contributed by atoms with E-state index in [4.69, 9.17) is 0 Å². The van der Waals surface area contributed by atoms with Crippen molar-refractivity contribution in [3.8, 4) is 0 Å². The Bertz CT molecular complexity index is 828. The molecule has 0 aromatic heterocycles. The number of Topliss-reactive ketones (excluding diaryl/α,β-unsaturated/α-hetero) is 1. The number of benzene rings is 2. The Labute approximate surface area is 131 Å². The summed E-state index contributed by atoms with van der Waals surface area (Å²) in [7, 11) is 0. The molecule has 2 aromatic rings. The summed E-state index contributed by atoms with van der Waals surface area (Å²) < 4.78 is 39.0. The van der Waals surface area contributed by atoms with Crippen LogP contribution >= 0.6 is 15.9 Å². The van der Waals surface area contributed by atoms with Crippen molar-refractivity contribution in [3.05, 3.63) is 68.8 Å². The first-order valence-corrected chi connectivity index (χ1v) is 6.95. The van der Waals surface area contributed by atoms with E-state index in [9.17, 15) is 23.2 Å². The van der Waals surface area contributed by atoms with Crippen LogP contribution in [0.1, 0.15) is 21.5 Å². The molecule has 3 rings (SSSR count). The maximum atomic E-state index is 12.7. The van der Waals surface area contributed by atoms with Crippen LogP contribution in [0.15, 0.2) is 46.9 Å². The molecule has 0 saturated carbocycles. The third kappa shape index (κ3) is 2.21. The smallest absolute Gasteiger partial charge is 0.416 e. The highest BCUT2D eigenvalue weighted by atomic mass is 79.9. The number of carbonyl (C=O) groups excluding carboxylic acids is 1. The van der Waals surface area contributed by atoms with Crippen LogP contribution < -0.4 is 0 Å². The number of hydrogen-bond acceptors (Lipinski definition) is 2. The fraction of sp³-hybridized carbons (Fsp3) is 0.0667. The van der Waals surface area contributed by atoms with Crippen LogP contribution in [-0.4, -0.2) is 16.2 Å². The number of ketones is 1. The predicted octanol–water partition coefficient (Wildman–Crippen LogP) is 4.30. The molecule has 22 heavy (non-hydrogen) atoms. The highest BCUT2D eigenvalue weighted by Crippen LogP contribution is 2.36. The van der Waals surface area contributed by atoms with Crippen LogP contribution in [0, 0.1) is 5.21 Å². The Balaban J connectivity index is 2.20. The Morgan fingerprint density at radius 3 is 2.36 bits per heavy atom. The first kappa shape index (κ1) is 14.8. The van der Waals surface area contributed by atoms with Gasteiger partial charge in [-0.05, 0) is 40.2 Å². The van der Waals surface area contributed by atoms with Gasteiger partial charge in [0.15, 0.2) is 0 Å². The Morgan fingerprint density at radius 1 is 1.05 bits per heavy atom. The highest BCUT2D eigenvalue weighted by molar-refractivity contribution is 9.10. The normalized spacial score (nSPS) is 14.5. The molecule has 0 saturated heterocycles. The van der Waals surface area contributed by atoms with Crippen LogP contribution in [0.2, 0.25) is 0 Å². The monoisotopic (exact) mass is 369 g/mol. The molecule has 0 N–H and O–H groups in total. The van der Waals surface area contributed by atoms with Crippen LogP contribution in [0.4, 0.5) is 18.9 Å². The summed E-state index contributed by atoms with van der Waals surface area (Å²) in [5, 5.41) is 12.3. The summed E-state index contributed by atoms with van der Waals surface area (Å²) in [6.07, 6.45) is -4.57. The van der Waals surface area contributed by atoms with E-state index >= 15 is 0 Å². The van der Waals surface area contributed by atoms with E-state index in [0.717, 1.165) is 12.1 Å². The second kappa shape index (κ2) is 4.95. The minimum atomic E-state index is -4.57. The van der Waals surface area contributed by atoms with Gasteiger partial charge >= 0.3 is 6.18 Å². The van der Waals surface area contributed by atoms with Gasteiger partial charge in [-0.3, -0.25) is 4.79 Å². The predicted molar refractivity (Wildman–Crippen MR) is 77.3 cm³/mol. The molecule has 3 nitrogen and oxygen atoms in total. The molecule has 0 radical (unpaired) electrons. The molecule has 1 aliphatic heterocycles. The molecular weight excluding hydrogens is 363 g/mol. The van der Waals surface area contributed by atoms with Crippen LogP contribution in [0.25, 0.3) is 0 Å². The summed E-state index contributed by atoms with van der Waals surface area (Å²) in [6.45, 7) is 0. The van der Waals surface area contributed by atoms with E-state index < -0.39 is 17.5 Å². The average molecular weight is 370 g/mol. The third-order valence-electron chi connectivity index (χ3n) is 3.34. The van der Waals surface area contributed by atoms with Gasteiger partial charge < -0.3 is 5.21 Å². The molecule has 0 bridgehead atoms. The maximum Gasteiger partial charge on any atom is 0.416 e. The van der Waals surface area contributed by atoms with Crippen molar-refractivity contribution in [1.29, 1.82) is 0 Å². The van der Waals surface area contributed by atoms with Crippen molar-refractivity contribution < 1.29 is 22.7 Å². The first-order chi connectivity index (χ1) is 10.3. The van der Waals surface area contributed by atoms with E-state index in [0.29, 0.717) is 16.1 Å². The lowest BCUT2D eigenvalue weighted by Crippen LogP contribution is -2.17. The van der Waals surface area contributed by atoms with E-state index in [1.54, 1.807) is 24.3 Å². The standard InChI is InChI=1S/C15H7BrF3NO2/c16-11-4-2-1-3-9(11)13-14(21)10-6-5-8(15(17,18)19)7-12(10)20(13)22/h1-7H. The van der Waals surface area contributed by atoms with Gasteiger partial charge in [0.1, 0.15) is 5.56 Å². The summed E-state index contributed by atoms with van der Waals surface area (Å²) >= 11 is 3.23. The van der Waals surface area contributed by atoms with Crippen LogP contribution in [0.5, 0.6) is 0 Å². The van der Waals surface area contributed by atoms with Gasteiger partial charge in [0.25, 0.3) is 11.5 Å². The number of carbonyl (C=O) groups is 1. The van der Waals surface area contributed by atoms with Crippen molar-refractivity contribution in [2.75, 3.05) is 0 Å². The summed E-state index contributed by atoms with van der Waals surface area (Å²) in [6, 6.07) is 9.08. The topological polar surface area (TPSA) is 43.1 Å². The fourth-order valence-corrected chi connectivity index (χ4v) is 2.77. The zero-order valence-corrected chi connectivity index (χ0v) is 12.4. The average Bonchev–Trinajstić information content (AvgIpc) is 2.71. The second-order valence-corrected chi connectivity index (χ2v) is 5.54. The summed E-state index contributed by atoms with van der Waals surface area (Å²) in [4.78, 5) is 12.3. The lowest BCUT2D eigenvalue weighted by Gasteiger charge is -2.07. The van der Waals surface area contributed by atoms with Gasteiger partial charge in [-0.2, -0.15) is 17.9 Å². The minimum absolute atomic E-state index is 0.0336. The molecule has 0 aliphatic carbocycles. The molecule has 112 valence electrons. The van der Waals surface area contributed by atoms with E-state index in [1.807, 2.05) is 0 Å². The highest BCUT2D eigenvalue weighted by Gasteiger charge is 2.40. The van der Waals surface area contributed by atoms with E-state index in [1.165, 1.54) is 0 Å². The van der Waals surface area contributed by atoms with Crippen LogP contribution in [-0.2, 0) is 6.18 Å². The lowest BCUT2D eigenvalue weighted by molar-refractivity contribution is -0.355. The molecule has 2 aromatic carbocycles. The quantitative estimate of drug-likeness (QED) is 0.555. The molecule has 0 fully saturated rings. The SMILES string of the molecule is O=C1C(c2ccccc2Br)=[N+]([O-])c2cc(C(F)(F)F)ccc21. The molecule has 0 atom stereocenters. The molecule has 0 amide bonds. The van der Waals surface area contributed by atoms with E-state index in [2.05, 4.69) is 15.9 Å². The van der Waals surface area contributed by atoms with Gasteiger partial charge in [-0.25, -0.2) is 0 Å². The third-order valence-corrected chi connectivity index (χ3v) is 4.03. The lowest BCUT2D eigenvalue weighted by atomic mass is 10.0. The number of nitrogens with zero attached hydrogens (tertiary/aromatic N) is 1. The number of halogens is 4. The zero-order chi connectivity index (χ0) is 16.1. The van der Waals surface area contributed by atoms with Crippen molar-refractivity contribution in [2.24, 2.45) is 0 Å². The number of rotatable bonds is 1. The minimum Gasteiger partial charge on any atom is -0.618 e. The van der Waals surface area contributed by atoms with Crippen molar-refractivity contribution in [1.82, 2.24) is 0 Å². The number of fused-ring (bicyclic) bond motifs is 1. The maximum absolute atomic E-state index is 12.7. The molecule has 1 heterocycles. The van der Waals surface area contributed by atoms with Gasteiger partial charge in [-0.1, -0.05) is 12.1 Å². The number of hydrogen-bond donors (Lipinski definition) is 0. The Morgan fingerprint density at radius 2 is 1.73 bits per heavy atom. The van der Waals surface area contributed by atoms with Crippen LogP contribution in [0.3, 0.4) is 0 Å². The van der Waals surface area contributed by atoms with Gasteiger partial charge in [0.2, 0.25) is 5.69 Å². The van der Waals surface area contributed by atoms with Crippen molar-refractivity contribution >= 4 is 33.1 Å². The molecular formula is C15H7BrF3NO2. The van der Waals surface area contributed by atoms with Crippen molar-refractivity contribution in [3.63, 3.8) is 0 Å². The zero-order valence-electron chi connectivity index (χ0n) is 10.8. The second-order valence-electron chi connectivity index (χ2n) is 4.68. The Kier molecular flexibility index (Phi) is 3.32. The molecule has 7 heteroatoms. The molecule has 0 unspecified atom stereocenters. The molecule has 0 spiro atoms. The first-order valence-electron chi connectivity index (χ1n) is 6.16. The van der Waals surface area contributed by atoms with Gasteiger partial charge in [-0.15, -0.1) is 0 Å².